The first kappa shape index (κ1) is 23.5. The normalized spacial score (nSPS) is 29.8. The second kappa shape index (κ2) is 9.13. The Kier molecular flexibility index (Phi) is 7.15. The highest BCUT2D eigenvalue weighted by atomic mass is 31.3. The molecule has 2 fully saturated rings. The summed E-state index contributed by atoms with van der Waals surface area (Å²) >= 11 is 0. The third kappa shape index (κ3) is 5.95. The van der Waals surface area contributed by atoms with Crippen molar-refractivity contribution < 1.29 is 47.6 Å². The average molecular weight is 471 g/mol. The third-order valence-electron chi connectivity index (χ3n) is 4.76. The number of anilines is 1. The maximum atomic E-state index is 12.4. The minimum Gasteiger partial charge on any atom is -0.387 e. The number of aromatic nitrogens is 2. The Bertz CT molecular complexity index is 899. The summed E-state index contributed by atoms with van der Waals surface area (Å²) in [4.78, 5) is 42.7. The van der Waals surface area contributed by atoms with Crippen molar-refractivity contribution in [2.75, 3.05) is 11.9 Å². The molecule has 1 saturated heterocycles. The van der Waals surface area contributed by atoms with Crippen LogP contribution in [0.2, 0.25) is 0 Å². The molecule has 1 aromatic rings. The van der Waals surface area contributed by atoms with Gasteiger partial charge >= 0.3 is 21.3 Å². The molecule has 30 heavy (non-hydrogen) atoms. The Morgan fingerprint density at radius 3 is 2.47 bits per heavy atom. The summed E-state index contributed by atoms with van der Waals surface area (Å²) in [5, 5.41) is 23.4. The van der Waals surface area contributed by atoms with E-state index in [0.29, 0.717) is 5.82 Å². The van der Waals surface area contributed by atoms with Crippen LogP contribution in [-0.4, -0.2) is 65.4 Å². The molecule has 0 radical (unpaired) electrons. The zero-order chi connectivity index (χ0) is 22.1. The number of aliphatic hydroxyl groups is 2. The van der Waals surface area contributed by atoms with E-state index < -0.39 is 52.5 Å². The number of rotatable bonds is 8. The number of hydrogen-bond donors (Lipinski definition) is 6. The van der Waals surface area contributed by atoms with Crippen LogP contribution in [0.15, 0.2) is 17.1 Å². The summed E-state index contributed by atoms with van der Waals surface area (Å²) in [6, 6.07) is 1.75. The van der Waals surface area contributed by atoms with Gasteiger partial charge in [-0.25, -0.2) is 13.9 Å². The fourth-order valence-corrected chi connectivity index (χ4v) is 4.99. The van der Waals surface area contributed by atoms with E-state index in [1.807, 2.05) is 0 Å². The van der Waals surface area contributed by atoms with Crippen LogP contribution in [0.5, 0.6) is 0 Å². The van der Waals surface area contributed by atoms with Gasteiger partial charge in [0, 0.05) is 12.2 Å². The van der Waals surface area contributed by atoms with Crippen molar-refractivity contribution in [1.82, 2.24) is 9.55 Å². The maximum absolute atomic E-state index is 12.4. The van der Waals surface area contributed by atoms with Crippen molar-refractivity contribution in [3.05, 3.63) is 22.7 Å². The van der Waals surface area contributed by atoms with E-state index in [-0.39, 0.29) is 6.04 Å². The molecule has 6 N–H and O–H groups in total. The molecular weight excluding hydrogens is 448 g/mol. The molecule has 170 valence electrons. The number of hydrogen-bond acceptors (Lipinski definition) is 10. The zero-order valence-corrected chi connectivity index (χ0v) is 17.3. The van der Waals surface area contributed by atoms with E-state index >= 15 is 0 Å². The van der Waals surface area contributed by atoms with Crippen LogP contribution < -0.4 is 11.0 Å². The molecule has 3 rings (SSSR count). The standard InChI is InChI=1S/C14H23N3O11P2/c18-11-9(7-26-30(24,25)28-29(21,22)23)27-13(12(11)19)17-6-5-10(16-14(17)20)15-8-3-1-2-4-8/h5-6,8-9,11-13,18-19H,1-4,7H2,(H,24,25)(H,15,16,20)(H2,21,22,23)/t9-,11-,12-,13-/m1/s1. The average Bonchev–Trinajstić information content (AvgIpc) is 3.21. The van der Waals surface area contributed by atoms with Gasteiger partial charge in [0.1, 0.15) is 24.1 Å². The Labute approximate surface area is 170 Å². The van der Waals surface area contributed by atoms with Crippen LogP contribution in [0.3, 0.4) is 0 Å². The van der Waals surface area contributed by atoms with Gasteiger partial charge in [0.25, 0.3) is 0 Å². The largest absolute Gasteiger partial charge is 0.481 e. The lowest BCUT2D eigenvalue weighted by atomic mass is 10.1. The van der Waals surface area contributed by atoms with Crippen molar-refractivity contribution in [2.24, 2.45) is 0 Å². The van der Waals surface area contributed by atoms with Crippen LogP contribution in [0.4, 0.5) is 5.82 Å². The molecule has 1 aliphatic heterocycles. The molecule has 0 spiro atoms. The molecule has 1 aliphatic carbocycles. The Hall–Kier alpha value is -1.18. The van der Waals surface area contributed by atoms with E-state index in [1.54, 1.807) is 0 Å². The number of aliphatic hydroxyl groups excluding tert-OH is 2. The highest BCUT2D eigenvalue weighted by Crippen LogP contribution is 2.57. The van der Waals surface area contributed by atoms with Gasteiger partial charge in [0.05, 0.1) is 6.61 Å². The van der Waals surface area contributed by atoms with Crippen molar-refractivity contribution in [3.8, 4) is 0 Å². The molecule has 0 amide bonds. The summed E-state index contributed by atoms with van der Waals surface area (Å²) in [7, 11) is -10.5. The van der Waals surface area contributed by atoms with E-state index in [4.69, 9.17) is 14.5 Å². The quantitative estimate of drug-likeness (QED) is 0.263. The predicted molar refractivity (Wildman–Crippen MR) is 99.2 cm³/mol. The molecule has 2 heterocycles. The lowest BCUT2D eigenvalue weighted by Crippen LogP contribution is -2.36. The number of ether oxygens (including phenoxy) is 1. The van der Waals surface area contributed by atoms with Gasteiger partial charge in [-0.2, -0.15) is 9.29 Å². The van der Waals surface area contributed by atoms with Crippen molar-refractivity contribution >= 4 is 21.5 Å². The fourth-order valence-electron chi connectivity index (χ4n) is 3.39. The topological polar surface area (TPSA) is 210 Å². The van der Waals surface area contributed by atoms with Gasteiger partial charge in [-0.15, -0.1) is 0 Å². The van der Waals surface area contributed by atoms with Crippen molar-refractivity contribution in [3.63, 3.8) is 0 Å². The van der Waals surface area contributed by atoms with Crippen molar-refractivity contribution in [2.45, 2.75) is 56.3 Å². The van der Waals surface area contributed by atoms with Crippen molar-refractivity contribution in [1.29, 1.82) is 0 Å². The number of phosphoric acid groups is 2. The third-order valence-corrected chi connectivity index (χ3v) is 6.91. The highest BCUT2D eigenvalue weighted by molar-refractivity contribution is 7.60. The van der Waals surface area contributed by atoms with Gasteiger partial charge in [-0.1, -0.05) is 12.8 Å². The lowest BCUT2D eigenvalue weighted by molar-refractivity contribution is -0.0541. The predicted octanol–water partition coefficient (Wildman–Crippen LogP) is -0.557. The summed E-state index contributed by atoms with van der Waals surface area (Å²) in [5.41, 5.74) is -0.756. The first-order valence-electron chi connectivity index (χ1n) is 9.07. The molecule has 16 heteroatoms. The molecule has 2 aliphatic rings. The monoisotopic (exact) mass is 471 g/mol. The fraction of sp³-hybridized carbons (Fsp3) is 0.714. The first-order valence-corrected chi connectivity index (χ1v) is 12.1. The van der Waals surface area contributed by atoms with Gasteiger partial charge in [0.2, 0.25) is 0 Å². The number of phosphoric ester groups is 1. The summed E-state index contributed by atoms with van der Waals surface area (Å²) < 4.78 is 36.5. The van der Waals surface area contributed by atoms with Crippen LogP contribution in [0, 0.1) is 0 Å². The zero-order valence-electron chi connectivity index (χ0n) is 15.6. The Morgan fingerprint density at radius 2 is 1.87 bits per heavy atom. The van der Waals surface area contributed by atoms with E-state index in [1.165, 1.54) is 12.3 Å². The SMILES string of the molecule is O=c1nc(NC2CCCC2)ccn1[C@@H]1O[C@H](COP(=O)(O)OP(=O)(O)O)[C@@H](O)[C@H]1O. The minimum absolute atomic E-state index is 0.231. The number of nitrogens with one attached hydrogen (secondary N) is 1. The summed E-state index contributed by atoms with van der Waals surface area (Å²) in [6.07, 6.45) is -0.530. The smallest absolute Gasteiger partial charge is 0.387 e. The van der Waals surface area contributed by atoms with Gasteiger partial charge in [-0.3, -0.25) is 9.09 Å². The second-order valence-electron chi connectivity index (χ2n) is 7.01. The summed E-state index contributed by atoms with van der Waals surface area (Å²) in [6.45, 7) is -0.855. The lowest BCUT2D eigenvalue weighted by Gasteiger charge is -2.18. The molecule has 0 aromatic carbocycles. The minimum atomic E-state index is -5.31. The van der Waals surface area contributed by atoms with Gasteiger partial charge in [-0.05, 0) is 18.9 Å². The molecule has 0 bridgehead atoms. The molecular formula is C14H23N3O11P2. The molecule has 1 unspecified atom stereocenters. The van der Waals surface area contributed by atoms with E-state index in [0.717, 1.165) is 30.3 Å². The second-order valence-corrected chi connectivity index (χ2v) is 9.84. The molecule has 14 nitrogen and oxygen atoms in total. The highest BCUT2D eigenvalue weighted by Gasteiger charge is 2.45. The number of nitrogens with zero attached hydrogens (tertiary/aromatic N) is 2. The van der Waals surface area contributed by atoms with Crippen LogP contribution in [0.1, 0.15) is 31.9 Å². The maximum Gasteiger partial charge on any atom is 0.481 e. The van der Waals surface area contributed by atoms with Gasteiger partial charge < -0.3 is 34.9 Å². The van der Waals surface area contributed by atoms with E-state index in [2.05, 4.69) is 19.1 Å². The Balaban J connectivity index is 1.65. The van der Waals surface area contributed by atoms with Gasteiger partial charge in [0.15, 0.2) is 6.23 Å². The first-order chi connectivity index (χ1) is 14.0. The molecule has 1 aromatic heterocycles. The van der Waals surface area contributed by atoms with Crippen LogP contribution in [-0.2, 0) is 22.7 Å². The Morgan fingerprint density at radius 1 is 1.20 bits per heavy atom. The van der Waals surface area contributed by atoms with Crippen LogP contribution >= 0.6 is 15.6 Å². The molecule has 5 atom stereocenters. The summed E-state index contributed by atoms with van der Waals surface area (Å²) in [5.74, 6) is 0.367. The molecule has 1 saturated carbocycles. The van der Waals surface area contributed by atoms with E-state index in [9.17, 15) is 29.0 Å². The van der Waals surface area contributed by atoms with Crippen LogP contribution in [0.25, 0.3) is 0 Å².